The lowest BCUT2D eigenvalue weighted by atomic mass is 9.85. The first kappa shape index (κ1) is 16.8. The molecular formula is C24H22O2. The molecule has 2 aliphatic carbocycles. The quantitative estimate of drug-likeness (QED) is 0.596. The topological polar surface area (TPSA) is 34.1 Å². The molecule has 2 aromatic rings. The van der Waals surface area contributed by atoms with Crippen molar-refractivity contribution in [3.05, 3.63) is 68.8 Å². The summed E-state index contributed by atoms with van der Waals surface area (Å²) in [5.74, 6) is 6.59. The maximum Gasteiger partial charge on any atom is 0.151 e. The lowest BCUT2D eigenvalue weighted by Gasteiger charge is -2.19. The van der Waals surface area contributed by atoms with E-state index >= 15 is 0 Å². The van der Waals surface area contributed by atoms with Crippen LogP contribution < -0.4 is 0 Å². The van der Waals surface area contributed by atoms with Crippen molar-refractivity contribution in [1.82, 2.24) is 0 Å². The van der Waals surface area contributed by atoms with Gasteiger partial charge in [-0.05, 0) is 73.6 Å². The molecule has 2 heteroatoms. The van der Waals surface area contributed by atoms with Crippen LogP contribution >= 0.6 is 0 Å². The number of carbonyl (C=O) groups excluding carboxylic acids is 2. The highest BCUT2D eigenvalue weighted by molar-refractivity contribution is 5.83. The van der Waals surface area contributed by atoms with E-state index < -0.39 is 0 Å². The van der Waals surface area contributed by atoms with Gasteiger partial charge in [0.1, 0.15) is 0 Å². The average molecular weight is 342 g/mol. The van der Waals surface area contributed by atoms with E-state index in [4.69, 9.17) is 0 Å². The fraction of sp³-hybridized carbons (Fsp3) is 0.333. The first-order valence-electron chi connectivity index (χ1n) is 9.53. The van der Waals surface area contributed by atoms with E-state index in [0.29, 0.717) is 11.1 Å². The Morgan fingerprint density at radius 2 is 1.04 bits per heavy atom. The summed E-state index contributed by atoms with van der Waals surface area (Å²) in [4.78, 5) is 23.1. The van der Waals surface area contributed by atoms with Gasteiger partial charge in [-0.1, -0.05) is 36.1 Å². The largest absolute Gasteiger partial charge is 0.298 e. The molecule has 2 nitrogen and oxygen atoms in total. The minimum Gasteiger partial charge on any atom is -0.298 e. The molecule has 0 spiro atoms. The number of rotatable bonds is 2. The van der Waals surface area contributed by atoms with Gasteiger partial charge in [-0.25, -0.2) is 0 Å². The second-order valence-electron chi connectivity index (χ2n) is 7.23. The molecule has 0 aromatic heterocycles. The Morgan fingerprint density at radius 1 is 0.615 bits per heavy atom. The van der Waals surface area contributed by atoms with E-state index in [1.807, 2.05) is 12.1 Å². The molecule has 2 aromatic carbocycles. The molecule has 0 N–H and O–H groups in total. The molecule has 2 aliphatic rings. The van der Waals surface area contributed by atoms with Crippen molar-refractivity contribution in [3.8, 4) is 11.8 Å². The summed E-state index contributed by atoms with van der Waals surface area (Å²) >= 11 is 0. The van der Waals surface area contributed by atoms with Crippen LogP contribution in [-0.2, 0) is 25.7 Å². The molecule has 26 heavy (non-hydrogen) atoms. The van der Waals surface area contributed by atoms with Gasteiger partial charge in [0.05, 0.1) is 0 Å². The third-order valence-electron chi connectivity index (χ3n) is 5.70. The number of fused-ring (bicyclic) bond motifs is 2. The van der Waals surface area contributed by atoms with Crippen LogP contribution in [0.4, 0.5) is 0 Å². The number of hydrogen-bond acceptors (Lipinski definition) is 2. The molecule has 0 bridgehead atoms. The van der Waals surface area contributed by atoms with Gasteiger partial charge in [-0.15, -0.1) is 0 Å². The van der Waals surface area contributed by atoms with Gasteiger partial charge in [0.25, 0.3) is 0 Å². The molecule has 0 radical (unpaired) electrons. The molecule has 4 rings (SSSR count). The van der Waals surface area contributed by atoms with Gasteiger partial charge in [0, 0.05) is 22.3 Å². The molecule has 0 atom stereocenters. The molecule has 0 amide bonds. The van der Waals surface area contributed by atoms with Crippen LogP contribution in [-0.4, -0.2) is 12.6 Å². The maximum atomic E-state index is 11.6. The molecule has 0 saturated carbocycles. The summed E-state index contributed by atoms with van der Waals surface area (Å²) in [6.45, 7) is 0. The summed E-state index contributed by atoms with van der Waals surface area (Å²) in [6.07, 6.45) is 10.6. The second kappa shape index (κ2) is 7.30. The van der Waals surface area contributed by atoms with Gasteiger partial charge in [-0.3, -0.25) is 9.59 Å². The van der Waals surface area contributed by atoms with E-state index in [-0.39, 0.29) is 0 Å². The van der Waals surface area contributed by atoms with Crippen molar-refractivity contribution in [2.75, 3.05) is 0 Å². The maximum absolute atomic E-state index is 11.6. The van der Waals surface area contributed by atoms with Crippen molar-refractivity contribution in [3.63, 3.8) is 0 Å². The van der Waals surface area contributed by atoms with Crippen molar-refractivity contribution in [2.24, 2.45) is 0 Å². The number of carbonyl (C=O) groups is 2. The molecule has 0 aliphatic heterocycles. The van der Waals surface area contributed by atoms with E-state index in [9.17, 15) is 9.59 Å². The first-order chi connectivity index (χ1) is 12.8. The molecule has 130 valence electrons. The van der Waals surface area contributed by atoms with Crippen LogP contribution in [0, 0.1) is 11.8 Å². The third kappa shape index (κ3) is 2.99. The van der Waals surface area contributed by atoms with E-state index in [1.54, 1.807) is 0 Å². The predicted molar refractivity (Wildman–Crippen MR) is 103 cm³/mol. The van der Waals surface area contributed by atoms with Crippen molar-refractivity contribution in [1.29, 1.82) is 0 Å². The summed E-state index contributed by atoms with van der Waals surface area (Å²) in [5.41, 5.74) is 8.14. The highest BCUT2D eigenvalue weighted by atomic mass is 16.1. The van der Waals surface area contributed by atoms with E-state index in [1.165, 1.54) is 35.1 Å². The minimum atomic E-state index is 0.663. The molecule has 0 saturated heterocycles. The molecule has 0 unspecified atom stereocenters. The number of aldehydes is 2. The highest BCUT2D eigenvalue weighted by Crippen LogP contribution is 2.28. The first-order valence-corrected chi connectivity index (χ1v) is 9.53. The summed E-state index contributed by atoms with van der Waals surface area (Å²) in [7, 11) is 0. The SMILES string of the molecule is O=Cc1ccc2c(c1C#Cc1c(C=O)ccc3c1CCCC3)CCCC2. The zero-order valence-corrected chi connectivity index (χ0v) is 14.9. The lowest BCUT2D eigenvalue weighted by molar-refractivity contribution is 0.111. The Balaban J connectivity index is 1.87. The third-order valence-corrected chi connectivity index (χ3v) is 5.70. The monoisotopic (exact) mass is 342 g/mol. The zero-order valence-electron chi connectivity index (χ0n) is 14.9. The average Bonchev–Trinajstić information content (AvgIpc) is 2.71. The van der Waals surface area contributed by atoms with Gasteiger partial charge < -0.3 is 0 Å². The Morgan fingerprint density at radius 3 is 1.46 bits per heavy atom. The van der Waals surface area contributed by atoms with Crippen molar-refractivity contribution in [2.45, 2.75) is 51.4 Å². The fourth-order valence-electron chi connectivity index (χ4n) is 4.31. The van der Waals surface area contributed by atoms with E-state index in [0.717, 1.165) is 62.2 Å². The second-order valence-corrected chi connectivity index (χ2v) is 7.23. The molecule has 0 fully saturated rings. The number of benzene rings is 2. The van der Waals surface area contributed by atoms with Gasteiger partial charge in [-0.2, -0.15) is 0 Å². The van der Waals surface area contributed by atoms with Crippen LogP contribution in [0.3, 0.4) is 0 Å². The smallest absolute Gasteiger partial charge is 0.151 e. The minimum absolute atomic E-state index is 0.663. The van der Waals surface area contributed by atoms with Crippen LogP contribution in [0.2, 0.25) is 0 Å². The number of hydrogen-bond donors (Lipinski definition) is 0. The summed E-state index contributed by atoms with van der Waals surface area (Å²) in [6, 6.07) is 7.93. The summed E-state index contributed by atoms with van der Waals surface area (Å²) in [5, 5.41) is 0. The Labute approximate surface area is 154 Å². The molecule has 0 heterocycles. The standard InChI is InChI=1S/C24H22O2/c25-15-19-11-9-17-5-1-3-7-21(17)23(19)13-14-24-20(16-26)12-10-18-6-2-4-8-22(18)24/h9-12,15-16H,1-8H2. The predicted octanol–water partition coefficient (Wildman–Crippen LogP) is 4.47. The molecular weight excluding hydrogens is 320 g/mol. The van der Waals surface area contributed by atoms with Gasteiger partial charge in [0.2, 0.25) is 0 Å². The van der Waals surface area contributed by atoms with Crippen molar-refractivity contribution < 1.29 is 9.59 Å². The van der Waals surface area contributed by atoms with Crippen LogP contribution in [0.25, 0.3) is 0 Å². The highest BCUT2D eigenvalue weighted by Gasteiger charge is 2.17. The van der Waals surface area contributed by atoms with Crippen LogP contribution in [0.15, 0.2) is 24.3 Å². The Kier molecular flexibility index (Phi) is 4.71. The van der Waals surface area contributed by atoms with E-state index in [2.05, 4.69) is 24.0 Å². The number of aryl methyl sites for hydroxylation is 2. The van der Waals surface area contributed by atoms with Crippen LogP contribution in [0.5, 0.6) is 0 Å². The Bertz CT molecular complexity index is 865. The summed E-state index contributed by atoms with van der Waals surface area (Å²) < 4.78 is 0. The van der Waals surface area contributed by atoms with Gasteiger partial charge in [0.15, 0.2) is 12.6 Å². The van der Waals surface area contributed by atoms with Crippen molar-refractivity contribution >= 4 is 12.6 Å². The Hall–Kier alpha value is -2.66. The zero-order chi connectivity index (χ0) is 17.9. The lowest BCUT2D eigenvalue weighted by Crippen LogP contribution is -2.08. The normalized spacial score (nSPS) is 15.2. The van der Waals surface area contributed by atoms with Gasteiger partial charge >= 0.3 is 0 Å². The fourth-order valence-corrected chi connectivity index (χ4v) is 4.31. The van der Waals surface area contributed by atoms with Crippen LogP contribution in [0.1, 0.15) is 79.8 Å².